The van der Waals surface area contributed by atoms with Crippen LogP contribution in [0.2, 0.25) is 0 Å². The standard InChI is InChI=1S/C10H12BrF3N2/c1-15-8(4-5-10(12,13)14)9-7(11)3-2-6-16-9/h2-3,6,8,15H,4-5H2,1H3. The lowest BCUT2D eigenvalue weighted by molar-refractivity contribution is -0.136. The minimum absolute atomic E-state index is 0.0182. The average Bonchev–Trinajstić information content (AvgIpc) is 2.20. The van der Waals surface area contributed by atoms with Gasteiger partial charge in [-0.05, 0) is 41.5 Å². The van der Waals surface area contributed by atoms with E-state index >= 15 is 0 Å². The Hall–Kier alpha value is -0.620. The van der Waals surface area contributed by atoms with Gasteiger partial charge in [-0.15, -0.1) is 0 Å². The first-order chi connectivity index (χ1) is 7.44. The second-order valence-electron chi connectivity index (χ2n) is 3.37. The average molecular weight is 297 g/mol. The van der Waals surface area contributed by atoms with Gasteiger partial charge in [0.25, 0.3) is 0 Å². The molecule has 0 aliphatic rings. The predicted octanol–water partition coefficient (Wildman–Crippen LogP) is 3.45. The van der Waals surface area contributed by atoms with Gasteiger partial charge in [-0.1, -0.05) is 0 Å². The molecule has 0 saturated heterocycles. The lowest BCUT2D eigenvalue weighted by atomic mass is 10.1. The van der Waals surface area contributed by atoms with Crippen LogP contribution in [-0.2, 0) is 0 Å². The molecule has 1 aromatic rings. The first-order valence-electron chi connectivity index (χ1n) is 4.78. The number of alkyl halides is 3. The van der Waals surface area contributed by atoms with Crippen LogP contribution in [0.25, 0.3) is 0 Å². The second kappa shape index (κ2) is 5.63. The highest BCUT2D eigenvalue weighted by molar-refractivity contribution is 9.10. The predicted molar refractivity (Wildman–Crippen MR) is 59.0 cm³/mol. The molecule has 1 unspecified atom stereocenters. The zero-order valence-electron chi connectivity index (χ0n) is 8.68. The van der Waals surface area contributed by atoms with Gasteiger partial charge in [0.05, 0.1) is 11.7 Å². The largest absolute Gasteiger partial charge is 0.389 e. The number of halogens is 4. The van der Waals surface area contributed by atoms with E-state index in [1.807, 2.05) is 0 Å². The molecule has 2 nitrogen and oxygen atoms in total. The molecule has 1 N–H and O–H groups in total. The van der Waals surface area contributed by atoms with Gasteiger partial charge in [-0.3, -0.25) is 4.98 Å². The Morgan fingerprint density at radius 3 is 2.69 bits per heavy atom. The molecule has 0 aromatic carbocycles. The number of nitrogens with one attached hydrogen (secondary N) is 1. The van der Waals surface area contributed by atoms with Gasteiger partial charge in [0.2, 0.25) is 0 Å². The van der Waals surface area contributed by atoms with Crippen LogP contribution in [0.1, 0.15) is 24.6 Å². The summed E-state index contributed by atoms with van der Waals surface area (Å²) in [6.45, 7) is 0. The first-order valence-corrected chi connectivity index (χ1v) is 5.58. The fourth-order valence-electron chi connectivity index (χ4n) is 1.38. The van der Waals surface area contributed by atoms with Gasteiger partial charge < -0.3 is 5.32 Å². The van der Waals surface area contributed by atoms with Gasteiger partial charge in [-0.2, -0.15) is 13.2 Å². The Kier molecular flexibility index (Phi) is 4.73. The van der Waals surface area contributed by atoms with Crippen LogP contribution in [0.5, 0.6) is 0 Å². The van der Waals surface area contributed by atoms with Crippen LogP contribution in [0, 0.1) is 0 Å². The normalized spacial score (nSPS) is 13.8. The molecule has 1 aromatic heterocycles. The van der Waals surface area contributed by atoms with Crippen LogP contribution in [-0.4, -0.2) is 18.2 Å². The van der Waals surface area contributed by atoms with Gasteiger partial charge in [0.1, 0.15) is 0 Å². The molecule has 0 radical (unpaired) electrons. The molecule has 90 valence electrons. The summed E-state index contributed by atoms with van der Waals surface area (Å²) >= 11 is 3.27. The summed E-state index contributed by atoms with van der Waals surface area (Å²) in [7, 11) is 1.63. The number of rotatable bonds is 4. The van der Waals surface area contributed by atoms with E-state index in [1.54, 1.807) is 25.4 Å². The molecule has 1 atom stereocenters. The molecule has 0 saturated carbocycles. The molecule has 0 spiro atoms. The summed E-state index contributed by atoms with van der Waals surface area (Å²) in [5.41, 5.74) is 0.606. The molecular weight excluding hydrogens is 285 g/mol. The zero-order chi connectivity index (χ0) is 12.2. The van der Waals surface area contributed by atoms with Crippen molar-refractivity contribution < 1.29 is 13.2 Å². The third-order valence-corrected chi connectivity index (χ3v) is 2.85. The minimum Gasteiger partial charge on any atom is -0.312 e. The quantitative estimate of drug-likeness (QED) is 0.920. The Balaban J connectivity index is 2.72. The van der Waals surface area contributed by atoms with Crippen molar-refractivity contribution in [1.29, 1.82) is 0 Å². The van der Waals surface area contributed by atoms with E-state index in [4.69, 9.17) is 0 Å². The summed E-state index contributed by atoms with van der Waals surface area (Å²) < 4.78 is 37.0. The number of hydrogen-bond acceptors (Lipinski definition) is 2. The maximum Gasteiger partial charge on any atom is 0.389 e. The molecule has 0 fully saturated rings. The number of nitrogens with zero attached hydrogens (tertiary/aromatic N) is 1. The zero-order valence-corrected chi connectivity index (χ0v) is 10.3. The lowest BCUT2D eigenvalue weighted by Gasteiger charge is -2.17. The first kappa shape index (κ1) is 13.4. The highest BCUT2D eigenvalue weighted by atomic mass is 79.9. The highest BCUT2D eigenvalue weighted by Crippen LogP contribution is 2.29. The number of hydrogen-bond donors (Lipinski definition) is 1. The third kappa shape index (κ3) is 4.09. The van der Waals surface area contributed by atoms with Crippen molar-refractivity contribution in [3.63, 3.8) is 0 Å². The smallest absolute Gasteiger partial charge is 0.312 e. The summed E-state index contributed by atoms with van der Waals surface area (Å²) in [5.74, 6) is 0. The maximum absolute atomic E-state index is 12.1. The van der Waals surface area contributed by atoms with Gasteiger partial charge >= 0.3 is 6.18 Å². The number of pyridine rings is 1. The van der Waals surface area contributed by atoms with E-state index in [-0.39, 0.29) is 6.42 Å². The summed E-state index contributed by atoms with van der Waals surface area (Å²) in [6.07, 6.45) is -3.40. The maximum atomic E-state index is 12.1. The highest BCUT2D eigenvalue weighted by Gasteiger charge is 2.29. The molecule has 1 rings (SSSR count). The number of aromatic nitrogens is 1. The molecule has 0 amide bonds. The van der Waals surface area contributed by atoms with Crippen LogP contribution in [0.15, 0.2) is 22.8 Å². The summed E-state index contributed by atoms with van der Waals surface area (Å²) in [4.78, 5) is 4.07. The van der Waals surface area contributed by atoms with Gasteiger partial charge in [0.15, 0.2) is 0 Å². The van der Waals surface area contributed by atoms with Crippen LogP contribution in [0.4, 0.5) is 13.2 Å². The Bertz CT molecular complexity index is 341. The molecular formula is C10H12BrF3N2. The van der Waals surface area contributed by atoms with E-state index < -0.39 is 18.6 Å². The van der Waals surface area contributed by atoms with Crippen molar-refractivity contribution in [1.82, 2.24) is 10.3 Å². The van der Waals surface area contributed by atoms with Crippen molar-refractivity contribution in [3.05, 3.63) is 28.5 Å². The fraction of sp³-hybridized carbons (Fsp3) is 0.500. The third-order valence-electron chi connectivity index (χ3n) is 2.18. The van der Waals surface area contributed by atoms with E-state index in [1.165, 1.54) is 0 Å². The summed E-state index contributed by atoms with van der Waals surface area (Å²) in [6, 6.07) is 3.10. The fourth-order valence-corrected chi connectivity index (χ4v) is 1.91. The van der Waals surface area contributed by atoms with E-state index in [0.29, 0.717) is 5.69 Å². The lowest BCUT2D eigenvalue weighted by Crippen LogP contribution is -2.21. The molecule has 0 bridgehead atoms. The van der Waals surface area contributed by atoms with Crippen molar-refractivity contribution in [2.24, 2.45) is 0 Å². The minimum atomic E-state index is -4.13. The summed E-state index contributed by atoms with van der Waals surface area (Å²) in [5, 5.41) is 2.84. The van der Waals surface area contributed by atoms with Crippen molar-refractivity contribution in [2.75, 3.05) is 7.05 Å². The van der Waals surface area contributed by atoms with E-state index in [0.717, 1.165) is 4.47 Å². The Morgan fingerprint density at radius 2 is 2.19 bits per heavy atom. The van der Waals surface area contributed by atoms with Gasteiger partial charge in [-0.25, -0.2) is 0 Å². The molecule has 6 heteroatoms. The SMILES string of the molecule is CNC(CCC(F)(F)F)c1ncccc1Br. The second-order valence-corrected chi connectivity index (χ2v) is 4.22. The van der Waals surface area contributed by atoms with Crippen LogP contribution < -0.4 is 5.32 Å². The van der Waals surface area contributed by atoms with Crippen molar-refractivity contribution in [3.8, 4) is 0 Å². The van der Waals surface area contributed by atoms with E-state index in [9.17, 15) is 13.2 Å². The Morgan fingerprint density at radius 1 is 1.50 bits per heavy atom. The van der Waals surface area contributed by atoms with Crippen molar-refractivity contribution in [2.45, 2.75) is 25.1 Å². The van der Waals surface area contributed by atoms with Gasteiger partial charge in [0, 0.05) is 17.1 Å². The van der Waals surface area contributed by atoms with Crippen molar-refractivity contribution >= 4 is 15.9 Å². The topological polar surface area (TPSA) is 24.9 Å². The van der Waals surface area contributed by atoms with Crippen LogP contribution >= 0.6 is 15.9 Å². The van der Waals surface area contributed by atoms with E-state index in [2.05, 4.69) is 26.2 Å². The monoisotopic (exact) mass is 296 g/mol. The van der Waals surface area contributed by atoms with Crippen LogP contribution in [0.3, 0.4) is 0 Å². The Labute approximate surface area is 100 Å². The molecule has 1 heterocycles. The molecule has 16 heavy (non-hydrogen) atoms. The molecule has 0 aliphatic carbocycles. The molecule has 0 aliphatic heterocycles.